The Bertz CT molecular complexity index is 447. The van der Waals surface area contributed by atoms with Crippen molar-refractivity contribution in [2.75, 3.05) is 0 Å². The lowest BCUT2D eigenvalue weighted by Gasteiger charge is -1.94. The van der Waals surface area contributed by atoms with Crippen LogP contribution in [0.3, 0.4) is 0 Å². The number of rotatable bonds is 1. The van der Waals surface area contributed by atoms with E-state index in [0.29, 0.717) is 5.75 Å². The van der Waals surface area contributed by atoms with E-state index >= 15 is 0 Å². The minimum absolute atomic E-state index is 0.370. The maximum absolute atomic E-state index is 9.64. The number of fused-ring (bicyclic) bond motifs is 1. The van der Waals surface area contributed by atoms with E-state index in [1.165, 1.54) is 4.88 Å². The fourth-order valence-corrected chi connectivity index (χ4v) is 2.78. The Hall–Kier alpha value is -0.540. The van der Waals surface area contributed by atoms with E-state index in [0.717, 1.165) is 21.0 Å². The predicted octanol–water partition coefficient (Wildman–Crippen LogP) is 3.93. The van der Waals surface area contributed by atoms with Crippen molar-refractivity contribution in [1.82, 2.24) is 0 Å². The summed E-state index contributed by atoms with van der Waals surface area (Å²) in [4.78, 5) is 1.31. The monoisotopic (exact) mass is 256 g/mol. The molecule has 3 heteroatoms. The van der Waals surface area contributed by atoms with Gasteiger partial charge in [-0.05, 0) is 30.0 Å². The second-order valence-electron chi connectivity index (χ2n) is 2.91. The first-order chi connectivity index (χ1) is 6.20. The van der Waals surface area contributed by atoms with Crippen molar-refractivity contribution < 1.29 is 5.11 Å². The molecular formula is C10H9BrOS. The topological polar surface area (TPSA) is 20.2 Å². The number of hydrogen-bond donors (Lipinski definition) is 1. The number of aromatic hydroxyl groups is 1. The third-order valence-corrected chi connectivity index (χ3v) is 3.74. The standard InChI is InChI=1S/C10H9BrOS/c1-2-8-4-6-3-7(11)5-9(12)10(6)13-8/h3-5,12H,2H2,1H3. The van der Waals surface area contributed by atoms with Gasteiger partial charge >= 0.3 is 0 Å². The summed E-state index contributed by atoms with van der Waals surface area (Å²) in [6.45, 7) is 2.12. The Morgan fingerprint density at radius 3 is 2.85 bits per heavy atom. The molecule has 0 atom stereocenters. The summed E-state index contributed by atoms with van der Waals surface area (Å²) in [7, 11) is 0. The minimum Gasteiger partial charge on any atom is -0.506 e. The third kappa shape index (κ3) is 1.58. The van der Waals surface area contributed by atoms with Gasteiger partial charge in [0.25, 0.3) is 0 Å². The highest BCUT2D eigenvalue weighted by Crippen LogP contribution is 2.35. The molecule has 0 fully saturated rings. The van der Waals surface area contributed by atoms with Gasteiger partial charge in [0.05, 0.1) is 4.70 Å². The lowest BCUT2D eigenvalue weighted by Crippen LogP contribution is -1.67. The van der Waals surface area contributed by atoms with Gasteiger partial charge in [-0.25, -0.2) is 0 Å². The van der Waals surface area contributed by atoms with Crippen LogP contribution in [0.4, 0.5) is 0 Å². The number of halogens is 1. The molecule has 0 amide bonds. The molecular weight excluding hydrogens is 248 g/mol. The first-order valence-corrected chi connectivity index (χ1v) is 5.72. The summed E-state index contributed by atoms with van der Waals surface area (Å²) in [5.74, 6) is 0.370. The molecule has 0 spiro atoms. The zero-order valence-electron chi connectivity index (χ0n) is 7.17. The van der Waals surface area contributed by atoms with Crippen molar-refractivity contribution in [2.24, 2.45) is 0 Å². The number of thiophene rings is 1. The third-order valence-electron chi connectivity index (χ3n) is 1.96. The van der Waals surface area contributed by atoms with Crippen LogP contribution in [-0.2, 0) is 6.42 Å². The lowest BCUT2D eigenvalue weighted by molar-refractivity contribution is 0.482. The smallest absolute Gasteiger partial charge is 0.134 e. The highest BCUT2D eigenvalue weighted by atomic mass is 79.9. The van der Waals surface area contributed by atoms with Crippen LogP contribution in [0.2, 0.25) is 0 Å². The normalized spacial score (nSPS) is 10.9. The average molecular weight is 257 g/mol. The van der Waals surface area contributed by atoms with Crippen molar-refractivity contribution in [1.29, 1.82) is 0 Å². The molecule has 2 aromatic rings. The molecule has 0 saturated carbocycles. The summed E-state index contributed by atoms with van der Waals surface area (Å²) in [6, 6.07) is 5.90. The SMILES string of the molecule is CCc1cc2cc(Br)cc(O)c2s1. The van der Waals surface area contributed by atoms with E-state index in [1.807, 2.05) is 6.07 Å². The van der Waals surface area contributed by atoms with E-state index in [9.17, 15) is 5.11 Å². The molecule has 2 rings (SSSR count). The van der Waals surface area contributed by atoms with Crippen molar-refractivity contribution in [3.05, 3.63) is 27.5 Å². The first-order valence-electron chi connectivity index (χ1n) is 4.11. The van der Waals surface area contributed by atoms with Crippen LogP contribution in [-0.4, -0.2) is 5.11 Å². The highest BCUT2D eigenvalue weighted by molar-refractivity contribution is 9.10. The molecule has 1 N–H and O–H groups in total. The number of benzene rings is 1. The van der Waals surface area contributed by atoms with Crippen molar-refractivity contribution >= 4 is 37.4 Å². The Kier molecular flexibility index (Phi) is 2.30. The Morgan fingerprint density at radius 1 is 1.38 bits per heavy atom. The molecule has 0 unspecified atom stereocenters. The highest BCUT2D eigenvalue weighted by Gasteiger charge is 2.05. The predicted molar refractivity (Wildman–Crippen MR) is 60.6 cm³/mol. The number of aryl methyl sites for hydroxylation is 1. The van der Waals surface area contributed by atoms with Crippen LogP contribution in [0.15, 0.2) is 22.7 Å². The van der Waals surface area contributed by atoms with E-state index < -0.39 is 0 Å². The maximum Gasteiger partial charge on any atom is 0.134 e. The summed E-state index contributed by atoms with van der Waals surface area (Å²) in [5, 5.41) is 10.8. The van der Waals surface area contributed by atoms with Gasteiger partial charge in [-0.2, -0.15) is 0 Å². The molecule has 13 heavy (non-hydrogen) atoms. The number of phenolic OH excluding ortho intramolecular Hbond substituents is 1. The van der Waals surface area contributed by atoms with Gasteiger partial charge in [0.1, 0.15) is 5.75 Å². The summed E-state index contributed by atoms with van der Waals surface area (Å²) in [6.07, 6.45) is 1.02. The molecule has 0 saturated heterocycles. The van der Waals surface area contributed by atoms with Crippen LogP contribution in [0, 0.1) is 0 Å². The average Bonchev–Trinajstić information content (AvgIpc) is 2.47. The molecule has 0 radical (unpaired) electrons. The summed E-state index contributed by atoms with van der Waals surface area (Å²) in [5.41, 5.74) is 0. The quantitative estimate of drug-likeness (QED) is 0.820. The van der Waals surface area contributed by atoms with Gasteiger partial charge in [-0.15, -0.1) is 11.3 Å². The van der Waals surface area contributed by atoms with Crippen molar-refractivity contribution in [3.8, 4) is 5.75 Å². The second-order valence-corrected chi connectivity index (χ2v) is 4.96. The van der Waals surface area contributed by atoms with Gasteiger partial charge in [-0.3, -0.25) is 0 Å². The summed E-state index contributed by atoms with van der Waals surface area (Å²) < 4.78 is 1.91. The number of phenols is 1. The zero-order valence-corrected chi connectivity index (χ0v) is 9.58. The van der Waals surface area contributed by atoms with Gasteiger partial charge < -0.3 is 5.11 Å². The molecule has 1 heterocycles. The number of hydrogen-bond acceptors (Lipinski definition) is 2. The molecule has 1 nitrogen and oxygen atoms in total. The van der Waals surface area contributed by atoms with E-state index in [4.69, 9.17) is 0 Å². The van der Waals surface area contributed by atoms with Gasteiger partial charge in [0, 0.05) is 9.35 Å². The van der Waals surface area contributed by atoms with Gasteiger partial charge in [0.15, 0.2) is 0 Å². The van der Waals surface area contributed by atoms with Crippen LogP contribution in [0.25, 0.3) is 10.1 Å². The molecule has 0 aliphatic heterocycles. The molecule has 0 aliphatic rings. The Morgan fingerprint density at radius 2 is 2.15 bits per heavy atom. The van der Waals surface area contributed by atoms with Crippen LogP contribution in [0.5, 0.6) is 5.75 Å². The molecule has 1 aromatic carbocycles. The second kappa shape index (κ2) is 3.31. The van der Waals surface area contributed by atoms with E-state index in [-0.39, 0.29) is 0 Å². The first kappa shape index (κ1) is 9.03. The van der Waals surface area contributed by atoms with E-state index in [2.05, 4.69) is 28.9 Å². The molecule has 0 bridgehead atoms. The van der Waals surface area contributed by atoms with Gasteiger partial charge in [0.2, 0.25) is 0 Å². The summed E-state index contributed by atoms with van der Waals surface area (Å²) >= 11 is 5.02. The molecule has 68 valence electrons. The van der Waals surface area contributed by atoms with Crippen LogP contribution in [0.1, 0.15) is 11.8 Å². The Labute approximate surface area is 89.1 Å². The fourth-order valence-electron chi connectivity index (χ4n) is 1.33. The molecule has 0 aliphatic carbocycles. The van der Waals surface area contributed by atoms with Crippen LogP contribution >= 0.6 is 27.3 Å². The van der Waals surface area contributed by atoms with Crippen LogP contribution < -0.4 is 0 Å². The van der Waals surface area contributed by atoms with Crippen molar-refractivity contribution in [2.45, 2.75) is 13.3 Å². The minimum atomic E-state index is 0.370. The van der Waals surface area contributed by atoms with E-state index in [1.54, 1.807) is 17.4 Å². The Balaban J connectivity index is 2.75. The fraction of sp³-hybridized carbons (Fsp3) is 0.200. The van der Waals surface area contributed by atoms with Gasteiger partial charge in [-0.1, -0.05) is 22.9 Å². The zero-order chi connectivity index (χ0) is 9.42. The lowest BCUT2D eigenvalue weighted by atomic mass is 10.2. The maximum atomic E-state index is 9.64. The largest absolute Gasteiger partial charge is 0.506 e. The molecule has 1 aromatic heterocycles. The van der Waals surface area contributed by atoms with Crippen molar-refractivity contribution in [3.63, 3.8) is 0 Å².